The fourth-order valence-electron chi connectivity index (χ4n) is 3.25. The number of hydrogen-bond acceptors (Lipinski definition) is 2. The molecule has 0 spiro atoms. The number of piperidine rings is 1. The van der Waals surface area contributed by atoms with Crippen molar-refractivity contribution < 1.29 is 4.39 Å². The van der Waals surface area contributed by atoms with E-state index in [0.29, 0.717) is 0 Å². The summed E-state index contributed by atoms with van der Waals surface area (Å²) < 4.78 is 13.5. The van der Waals surface area contributed by atoms with Gasteiger partial charge in [-0.15, -0.1) is 12.4 Å². The number of halogens is 2. The second kappa shape index (κ2) is 6.21. The number of rotatable bonds is 2. The van der Waals surface area contributed by atoms with E-state index in [1.165, 1.54) is 13.0 Å². The highest BCUT2D eigenvalue weighted by atomic mass is 35.5. The molecular formula is C15H22ClFN2. The molecule has 0 radical (unpaired) electrons. The molecule has 4 heteroatoms. The van der Waals surface area contributed by atoms with Gasteiger partial charge in [-0.05, 0) is 62.0 Å². The first kappa shape index (κ1) is 14.8. The lowest BCUT2D eigenvalue weighted by molar-refractivity contribution is 0.142. The molecule has 106 valence electrons. The van der Waals surface area contributed by atoms with Crippen LogP contribution in [-0.4, -0.2) is 31.1 Å². The average molecular weight is 285 g/mol. The van der Waals surface area contributed by atoms with Gasteiger partial charge in [0.1, 0.15) is 5.82 Å². The van der Waals surface area contributed by atoms with E-state index in [0.717, 1.165) is 49.1 Å². The van der Waals surface area contributed by atoms with Crippen molar-refractivity contribution in [2.24, 2.45) is 11.8 Å². The van der Waals surface area contributed by atoms with Crippen molar-refractivity contribution in [2.45, 2.75) is 19.9 Å². The van der Waals surface area contributed by atoms with Crippen LogP contribution in [0.2, 0.25) is 0 Å². The minimum Gasteiger partial charge on any atom is -0.316 e. The van der Waals surface area contributed by atoms with Crippen LogP contribution in [0.15, 0.2) is 18.2 Å². The van der Waals surface area contributed by atoms with Crippen LogP contribution in [-0.2, 0) is 6.54 Å². The second-order valence-corrected chi connectivity index (χ2v) is 5.79. The lowest BCUT2D eigenvalue weighted by atomic mass is 9.88. The maximum atomic E-state index is 13.5. The van der Waals surface area contributed by atoms with Crippen molar-refractivity contribution in [1.82, 2.24) is 10.2 Å². The van der Waals surface area contributed by atoms with Gasteiger partial charge in [-0.2, -0.15) is 0 Å². The van der Waals surface area contributed by atoms with Crippen molar-refractivity contribution >= 4 is 12.4 Å². The third-order valence-electron chi connectivity index (χ3n) is 4.43. The Labute approximate surface area is 120 Å². The zero-order valence-electron chi connectivity index (χ0n) is 11.4. The SMILES string of the molecule is Cc1ccc(CN2CCC3CNCC3C2)cc1F.Cl. The first-order valence-corrected chi connectivity index (χ1v) is 6.90. The van der Waals surface area contributed by atoms with Gasteiger partial charge in [0.25, 0.3) is 0 Å². The van der Waals surface area contributed by atoms with E-state index in [9.17, 15) is 4.39 Å². The minimum atomic E-state index is -0.0788. The van der Waals surface area contributed by atoms with Crippen LogP contribution in [0.5, 0.6) is 0 Å². The monoisotopic (exact) mass is 284 g/mol. The van der Waals surface area contributed by atoms with Crippen molar-refractivity contribution in [3.05, 3.63) is 35.1 Å². The normalized spacial score (nSPS) is 26.8. The van der Waals surface area contributed by atoms with Crippen LogP contribution in [0.25, 0.3) is 0 Å². The van der Waals surface area contributed by atoms with E-state index in [1.807, 2.05) is 13.0 Å². The predicted molar refractivity (Wildman–Crippen MR) is 78.1 cm³/mol. The lowest BCUT2D eigenvalue weighted by Gasteiger charge is -2.34. The molecule has 2 nitrogen and oxygen atoms in total. The van der Waals surface area contributed by atoms with Gasteiger partial charge in [0, 0.05) is 13.1 Å². The van der Waals surface area contributed by atoms with E-state index in [4.69, 9.17) is 0 Å². The first-order valence-electron chi connectivity index (χ1n) is 6.90. The van der Waals surface area contributed by atoms with Crippen molar-refractivity contribution in [3.63, 3.8) is 0 Å². The Bertz CT molecular complexity index is 438. The third-order valence-corrected chi connectivity index (χ3v) is 4.43. The molecule has 1 aromatic rings. The summed E-state index contributed by atoms with van der Waals surface area (Å²) in [7, 11) is 0. The molecule has 1 aromatic carbocycles. The first-order chi connectivity index (χ1) is 8.72. The van der Waals surface area contributed by atoms with Gasteiger partial charge in [-0.3, -0.25) is 4.90 Å². The molecule has 2 atom stereocenters. The van der Waals surface area contributed by atoms with E-state index >= 15 is 0 Å². The van der Waals surface area contributed by atoms with Crippen molar-refractivity contribution in [1.29, 1.82) is 0 Å². The summed E-state index contributed by atoms with van der Waals surface area (Å²) in [5.74, 6) is 1.59. The van der Waals surface area contributed by atoms with E-state index in [-0.39, 0.29) is 18.2 Å². The van der Waals surface area contributed by atoms with Crippen LogP contribution in [0.1, 0.15) is 17.5 Å². The van der Waals surface area contributed by atoms with E-state index in [2.05, 4.69) is 16.3 Å². The van der Waals surface area contributed by atoms with Gasteiger partial charge in [0.15, 0.2) is 0 Å². The Balaban J connectivity index is 0.00000133. The van der Waals surface area contributed by atoms with Crippen molar-refractivity contribution in [2.75, 3.05) is 26.2 Å². The molecule has 0 saturated carbocycles. The Morgan fingerprint density at radius 3 is 2.89 bits per heavy atom. The zero-order valence-corrected chi connectivity index (χ0v) is 12.2. The molecule has 1 N–H and O–H groups in total. The summed E-state index contributed by atoms with van der Waals surface area (Å²) in [6.45, 7) is 7.36. The van der Waals surface area contributed by atoms with E-state index < -0.39 is 0 Å². The molecule has 0 bridgehead atoms. The Morgan fingerprint density at radius 1 is 1.32 bits per heavy atom. The van der Waals surface area contributed by atoms with Gasteiger partial charge < -0.3 is 5.32 Å². The van der Waals surface area contributed by atoms with Crippen LogP contribution < -0.4 is 5.32 Å². The summed E-state index contributed by atoms with van der Waals surface area (Å²) in [5.41, 5.74) is 1.83. The third kappa shape index (κ3) is 3.28. The maximum absolute atomic E-state index is 13.5. The van der Waals surface area contributed by atoms with E-state index in [1.54, 1.807) is 6.07 Å². The van der Waals surface area contributed by atoms with Gasteiger partial charge in [0.2, 0.25) is 0 Å². The molecule has 19 heavy (non-hydrogen) atoms. The number of likely N-dealkylation sites (tertiary alicyclic amines) is 1. The number of nitrogens with zero attached hydrogens (tertiary/aromatic N) is 1. The second-order valence-electron chi connectivity index (χ2n) is 5.79. The fourth-order valence-corrected chi connectivity index (χ4v) is 3.25. The molecule has 2 fully saturated rings. The number of benzene rings is 1. The number of fused-ring (bicyclic) bond motifs is 1. The lowest BCUT2D eigenvalue weighted by Crippen LogP contribution is -2.39. The Hall–Kier alpha value is -0.640. The average Bonchev–Trinajstić information content (AvgIpc) is 2.81. The Morgan fingerprint density at radius 2 is 2.11 bits per heavy atom. The highest BCUT2D eigenvalue weighted by Gasteiger charge is 2.32. The van der Waals surface area contributed by atoms with Crippen LogP contribution in [0.4, 0.5) is 4.39 Å². The molecule has 3 rings (SSSR count). The molecule has 0 aliphatic carbocycles. The highest BCUT2D eigenvalue weighted by molar-refractivity contribution is 5.85. The summed E-state index contributed by atoms with van der Waals surface area (Å²) in [4.78, 5) is 2.47. The van der Waals surface area contributed by atoms with Gasteiger partial charge in [-0.1, -0.05) is 12.1 Å². The zero-order chi connectivity index (χ0) is 12.5. The number of hydrogen-bond donors (Lipinski definition) is 1. The smallest absolute Gasteiger partial charge is 0.126 e. The molecule has 2 unspecified atom stereocenters. The minimum absolute atomic E-state index is 0. The number of aryl methyl sites for hydroxylation is 1. The van der Waals surface area contributed by atoms with Crippen LogP contribution in [0, 0.1) is 24.6 Å². The summed E-state index contributed by atoms with van der Waals surface area (Å²) >= 11 is 0. The molecular weight excluding hydrogens is 263 g/mol. The molecule has 0 amide bonds. The predicted octanol–water partition coefficient (Wildman–Crippen LogP) is 2.60. The largest absolute Gasteiger partial charge is 0.316 e. The molecule has 2 aliphatic rings. The summed E-state index contributed by atoms with van der Waals surface area (Å²) in [5, 5.41) is 3.48. The molecule has 2 saturated heterocycles. The topological polar surface area (TPSA) is 15.3 Å². The molecule has 2 aliphatic heterocycles. The highest BCUT2D eigenvalue weighted by Crippen LogP contribution is 2.27. The fraction of sp³-hybridized carbons (Fsp3) is 0.600. The van der Waals surface area contributed by atoms with Gasteiger partial charge in [-0.25, -0.2) is 4.39 Å². The standard InChI is InChI=1S/C15H21FN2.ClH/c1-11-2-3-12(6-15(11)16)9-18-5-4-13-7-17-8-14(13)10-18;/h2-3,6,13-14,17H,4-5,7-10H2,1H3;1H. The number of nitrogens with one attached hydrogen (secondary N) is 1. The van der Waals surface area contributed by atoms with Gasteiger partial charge in [0.05, 0.1) is 0 Å². The van der Waals surface area contributed by atoms with Crippen molar-refractivity contribution in [3.8, 4) is 0 Å². The molecule has 0 aromatic heterocycles. The quantitative estimate of drug-likeness (QED) is 0.898. The molecule has 2 heterocycles. The van der Waals surface area contributed by atoms with Gasteiger partial charge >= 0.3 is 0 Å². The summed E-state index contributed by atoms with van der Waals surface area (Å²) in [6, 6.07) is 5.63. The maximum Gasteiger partial charge on any atom is 0.126 e. The Kier molecular flexibility index (Phi) is 4.82. The van der Waals surface area contributed by atoms with Crippen LogP contribution in [0.3, 0.4) is 0 Å². The van der Waals surface area contributed by atoms with Crippen LogP contribution >= 0.6 is 12.4 Å². The summed E-state index contributed by atoms with van der Waals surface area (Å²) in [6.07, 6.45) is 1.28.